The van der Waals surface area contributed by atoms with Crippen LogP contribution in [0.5, 0.6) is 0 Å². The van der Waals surface area contributed by atoms with E-state index in [0.29, 0.717) is 30.9 Å². The molecule has 4 rings (SSSR count). The number of nitrogens with one attached hydrogen (secondary N) is 1. The number of rotatable bonds is 5. The number of amides is 1. The molecule has 1 aliphatic heterocycles. The fourth-order valence-corrected chi connectivity index (χ4v) is 3.97. The third-order valence-electron chi connectivity index (χ3n) is 4.50. The number of hydrogen-bond donors (Lipinski definition) is 1. The highest BCUT2D eigenvalue weighted by Gasteiger charge is 2.24. The molecule has 3 aromatic heterocycles. The van der Waals surface area contributed by atoms with E-state index in [4.69, 9.17) is 9.15 Å². The van der Waals surface area contributed by atoms with Gasteiger partial charge in [-0.15, -0.1) is 0 Å². The molecule has 4 heterocycles. The Balaban J connectivity index is 1.41. The van der Waals surface area contributed by atoms with Gasteiger partial charge in [-0.05, 0) is 38.3 Å². The molecule has 1 saturated heterocycles. The van der Waals surface area contributed by atoms with Gasteiger partial charge in [0.05, 0.1) is 11.9 Å². The van der Waals surface area contributed by atoms with Gasteiger partial charge >= 0.3 is 5.63 Å². The lowest BCUT2D eigenvalue weighted by Crippen LogP contribution is -2.31. The van der Waals surface area contributed by atoms with Crippen molar-refractivity contribution in [3.63, 3.8) is 0 Å². The summed E-state index contributed by atoms with van der Waals surface area (Å²) in [6, 6.07) is 1.73. The molecule has 0 radical (unpaired) electrons. The Labute approximate surface area is 159 Å². The molecule has 1 N–H and O–H groups in total. The Morgan fingerprint density at radius 1 is 1.44 bits per heavy atom. The Hall–Kier alpha value is -2.52. The fraction of sp³-hybridized carbons (Fsp3) is 0.444. The van der Waals surface area contributed by atoms with Crippen LogP contribution in [0.2, 0.25) is 0 Å². The summed E-state index contributed by atoms with van der Waals surface area (Å²) >= 11 is 1.51. The van der Waals surface area contributed by atoms with Gasteiger partial charge in [0.25, 0.3) is 5.91 Å². The molecule has 1 aliphatic rings. The molecule has 1 atom stereocenters. The van der Waals surface area contributed by atoms with Gasteiger partial charge < -0.3 is 14.5 Å². The summed E-state index contributed by atoms with van der Waals surface area (Å²) in [5.41, 5.74) is 0.850. The van der Waals surface area contributed by atoms with E-state index in [0.717, 1.165) is 28.5 Å². The van der Waals surface area contributed by atoms with Crippen molar-refractivity contribution < 1.29 is 13.9 Å². The van der Waals surface area contributed by atoms with Gasteiger partial charge in [-0.3, -0.25) is 4.79 Å². The highest BCUT2D eigenvalue weighted by atomic mass is 32.1. The normalized spacial score (nSPS) is 16.9. The van der Waals surface area contributed by atoms with E-state index in [9.17, 15) is 9.59 Å². The number of aryl methyl sites for hydroxylation is 2. The van der Waals surface area contributed by atoms with Crippen LogP contribution >= 0.6 is 11.3 Å². The first kappa shape index (κ1) is 17.9. The van der Waals surface area contributed by atoms with E-state index in [1.54, 1.807) is 17.5 Å². The molecule has 0 saturated carbocycles. The van der Waals surface area contributed by atoms with Crippen molar-refractivity contribution in [3.05, 3.63) is 50.3 Å². The number of aromatic nitrogens is 3. The molecular weight excluding hydrogens is 368 g/mol. The quantitative estimate of drug-likeness (QED) is 0.719. The van der Waals surface area contributed by atoms with E-state index < -0.39 is 11.5 Å². The molecule has 8 nitrogen and oxygen atoms in total. The van der Waals surface area contributed by atoms with Crippen LogP contribution in [-0.2, 0) is 11.2 Å². The second kappa shape index (κ2) is 7.24. The monoisotopic (exact) mass is 388 g/mol. The van der Waals surface area contributed by atoms with Crippen LogP contribution in [0, 0.1) is 13.8 Å². The Bertz CT molecular complexity index is 1010. The number of nitrogens with zero attached hydrogens (tertiary/aromatic N) is 3. The maximum atomic E-state index is 12.4. The zero-order chi connectivity index (χ0) is 19.0. The minimum Gasteiger partial charge on any atom is -0.424 e. The van der Waals surface area contributed by atoms with E-state index >= 15 is 0 Å². The fourth-order valence-electron chi connectivity index (χ4n) is 3.22. The number of imidazole rings is 1. The first-order chi connectivity index (χ1) is 13.0. The lowest BCUT2D eigenvalue weighted by molar-refractivity contribution is 0.0883. The van der Waals surface area contributed by atoms with Gasteiger partial charge in [-0.25, -0.2) is 14.3 Å². The number of hydrogen-bond acceptors (Lipinski definition) is 7. The molecule has 1 amide bonds. The molecule has 142 valence electrons. The Kier molecular flexibility index (Phi) is 4.79. The standard InChI is InChI=1S/C18H20N4O4S/c1-10-8-14(13-4-3-7-25-13)26-17(24)15(10)16(23)19-6-5-12-9-22-18(20-12)27-11(2)21-22/h8-9,13H,3-7H2,1-2H3,(H,19,23). The molecule has 27 heavy (non-hydrogen) atoms. The van der Waals surface area contributed by atoms with Crippen LogP contribution in [0.15, 0.2) is 21.5 Å². The van der Waals surface area contributed by atoms with Crippen LogP contribution in [0.25, 0.3) is 4.96 Å². The average Bonchev–Trinajstić information content (AvgIpc) is 3.30. The lowest BCUT2D eigenvalue weighted by atomic mass is 10.1. The number of carbonyl (C=O) groups is 1. The first-order valence-electron chi connectivity index (χ1n) is 8.87. The second-order valence-corrected chi connectivity index (χ2v) is 7.74. The van der Waals surface area contributed by atoms with Crippen LogP contribution in [-0.4, -0.2) is 33.7 Å². The van der Waals surface area contributed by atoms with Crippen molar-refractivity contribution in [1.29, 1.82) is 0 Å². The van der Waals surface area contributed by atoms with Crippen molar-refractivity contribution in [2.24, 2.45) is 0 Å². The van der Waals surface area contributed by atoms with Gasteiger partial charge in [-0.2, -0.15) is 5.10 Å². The van der Waals surface area contributed by atoms with Gasteiger partial charge in [0.1, 0.15) is 22.4 Å². The Morgan fingerprint density at radius 2 is 2.30 bits per heavy atom. The topological polar surface area (TPSA) is 98.7 Å². The lowest BCUT2D eigenvalue weighted by Gasteiger charge is -2.11. The maximum absolute atomic E-state index is 12.4. The zero-order valence-electron chi connectivity index (χ0n) is 15.2. The zero-order valence-corrected chi connectivity index (χ0v) is 16.0. The van der Waals surface area contributed by atoms with Crippen LogP contribution in [0.1, 0.15) is 51.3 Å². The van der Waals surface area contributed by atoms with Crippen LogP contribution in [0.3, 0.4) is 0 Å². The SMILES string of the molecule is Cc1nn2cc(CCNC(=O)c3c(C)cc(C4CCCO4)oc3=O)nc2s1. The highest BCUT2D eigenvalue weighted by molar-refractivity contribution is 7.16. The summed E-state index contributed by atoms with van der Waals surface area (Å²) in [5.74, 6) is 0.0579. The van der Waals surface area contributed by atoms with Gasteiger partial charge in [0.15, 0.2) is 0 Å². The third kappa shape index (κ3) is 3.65. The maximum Gasteiger partial charge on any atom is 0.349 e. The van der Waals surface area contributed by atoms with Crippen molar-refractivity contribution in [2.45, 2.75) is 39.2 Å². The third-order valence-corrected chi connectivity index (χ3v) is 5.34. The molecule has 1 unspecified atom stereocenters. The largest absolute Gasteiger partial charge is 0.424 e. The van der Waals surface area contributed by atoms with Crippen molar-refractivity contribution in [3.8, 4) is 0 Å². The number of ether oxygens (including phenoxy) is 1. The molecule has 3 aromatic rings. The summed E-state index contributed by atoms with van der Waals surface area (Å²) in [6.07, 6.45) is 3.97. The number of carbonyl (C=O) groups excluding carboxylic acids is 1. The molecular formula is C18H20N4O4S. The molecule has 1 fully saturated rings. The van der Waals surface area contributed by atoms with E-state index in [2.05, 4.69) is 15.4 Å². The molecule has 0 spiro atoms. The number of fused-ring (bicyclic) bond motifs is 1. The molecule has 0 bridgehead atoms. The molecule has 9 heteroatoms. The minimum absolute atomic E-state index is 0.0415. The summed E-state index contributed by atoms with van der Waals surface area (Å²) in [7, 11) is 0. The first-order valence-corrected chi connectivity index (χ1v) is 9.69. The Morgan fingerprint density at radius 3 is 3.00 bits per heavy atom. The second-order valence-electron chi connectivity index (χ2n) is 6.58. The molecule has 0 aliphatic carbocycles. The van der Waals surface area contributed by atoms with Crippen molar-refractivity contribution in [1.82, 2.24) is 19.9 Å². The average molecular weight is 388 g/mol. The van der Waals surface area contributed by atoms with Crippen molar-refractivity contribution >= 4 is 22.2 Å². The minimum atomic E-state index is -0.625. The van der Waals surface area contributed by atoms with Gasteiger partial charge in [0, 0.05) is 19.6 Å². The van der Waals surface area contributed by atoms with E-state index in [-0.39, 0.29) is 11.7 Å². The smallest absolute Gasteiger partial charge is 0.349 e. The van der Waals surface area contributed by atoms with Gasteiger partial charge in [-0.1, -0.05) is 11.3 Å². The highest BCUT2D eigenvalue weighted by Crippen LogP contribution is 2.28. The predicted molar refractivity (Wildman–Crippen MR) is 99.3 cm³/mol. The summed E-state index contributed by atoms with van der Waals surface area (Å²) < 4.78 is 12.6. The van der Waals surface area contributed by atoms with E-state index in [1.165, 1.54) is 11.3 Å². The van der Waals surface area contributed by atoms with Crippen LogP contribution in [0.4, 0.5) is 0 Å². The summed E-state index contributed by atoms with van der Waals surface area (Å²) in [4.78, 5) is 30.0. The summed E-state index contributed by atoms with van der Waals surface area (Å²) in [6.45, 7) is 4.70. The van der Waals surface area contributed by atoms with Crippen LogP contribution < -0.4 is 10.9 Å². The van der Waals surface area contributed by atoms with Gasteiger partial charge in [0.2, 0.25) is 4.96 Å². The summed E-state index contributed by atoms with van der Waals surface area (Å²) in [5, 5.41) is 8.03. The molecule has 0 aromatic carbocycles. The van der Waals surface area contributed by atoms with E-state index in [1.807, 2.05) is 13.1 Å². The van der Waals surface area contributed by atoms with Crippen molar-refractivity contribution in [2.75, 3.05) is 13.2 Å². The predicted octanol–water partition coefficient (Wildman–Crippen LogP) is 2.18.